The van der Waals surface area contributed by atoms with Gasteiger partial charge in [-0.1, -0.05) is 17.8 Å². The van der Waals surface area contributed by atoms with Gasteiger partial charge in [0.05, 0.1) is 5.69 Å². The van der Waals surface area contributed by atoms with Crippen molar-refractivity contribution >= 4 is 11.8 Å². The van der Waals surface area contributed by atoms with E-state index >= 15 is 0 Å². The molecule has 0 bridgehead atoms. The van der Waals surface area contributed by atoms with Crippen LogP contribution in [0.3, 0.4) is 0 Å². The zero-order valence-electron chi connectivity index (χ0n) is 10.9. The van der Waals surface area contributed by atoms with E-state index in [0.717, 1.165) is 22.2 Å². The highest BCUT2D eigenvalue weighted by atomic mass is 32.2. The van der Waals surface area contributed by atoms with Crippen LogP contribution in [-0.4, -0.2) is 20.8 Å². The molecule has 4 nitrogen and oxygen atoms in total. The summed E-state index contributed by atoms with van der Waals surface area (Å²) in [6, 6.07) is 6.35. The second-order valence-electron chi connectivity index (χ2n) is 4.54. The lowest BCUT2D eigenvalue weighted by molar-refractivity contribution is 0.692. The zero-order valence-corrected chi connectivity index (χ0v) is 11.7. The fourth-order valence-corrected chi connectivity index (χ4v) is 2.61. The minimum Gasteiger partial charge on any atom is -0.328 e. The van der Waals surface area contributed by atoms with E-state index in [4.69, 9.17) is 5.73 Å². The quantitative estimate of drug-likeness (QED) is 0.917. The number of rotatable bonds is 4. The fourth-order valence-electron chi connectivity index (χ4n) is 1.75. The Kier molecular flexibility index (Phi) is 4.04. The summed E-state index contributed by atoms with van der Waals surface area (Å²) in [5.41, 5.74) is 7.96. The highest BCUT2D eigenvalue weighted by molar-refractivity contribution is 7.99. The molecule has 1 unspecified atom stereocenters. The van der Waals surface area contributed by atoms with Crippen molar-refractivity contribution in [2.45, 2.75) is 36.4 Å². The summed E-state index contributed by atoms with van der Waals surface area (Å²) in [5.74, 6) is 0. The van der Waals surface area contributed by atoms with Gasteiger partial charge in [-0.2, -0.15) is 5.10 Å². The first kappa shape index (κ1) is 13.1. The van der Waals surface area contributed by atoms with Crippen LogP contribution in [0.15, 0.2) is 34.4 Å². The van der Waals surface area contributed by atoms with E-state index in [1.807, 2.05) is 37.8 Å². The van der Waals surface area contributed by atoms with Crippen molar-refractivity contribution in [1.29, 1.82) is 0 Å². The normalized spacial score (nSPS) is 12.7. The van der Waals surface area contributed by atoms with Crippen LogP contribution in [0.5, 0.6) is 0 Å². The Bertz CT molecular complexity index is 516. The van der Waals surface area contributed by atoms with E-state index < -0.39 is 0 Å². The minimum absolute atomic E-state index is 0.171. The first-order valence-electron chi connectivity index (χ1n) is 5.93. The number of pyridine rings is 1. The molecule has 18 heavy (non-hydrogen) atoms. The molecule has 2 N–H and O–H groups in total. The Morgan fingerprint density at radius 3 is 2.72 bits per heavy atom. The summed E-state index contributed by atoms with van der Waals surface area (Å²) < 4.78 is 1.87. The lowest BCUT2D eigenvalue weighted by atomic mass is 10.1. The van der Waals surface area contributed by atoms with Crippen molar-refractivity contribution in [3.05, 3.63) is 35.7 Å². The third-order valence-electron chi connectivity index (χ3n) is 2.52. The van der Waals surface area contributed by atoms with Crippen LogP contribution in [-0.2, 0) is 13.5 Å². The minimum atomic E-state index is 0.171. The molecular weight excluding hydrogens is 244 g/mol. The zero-order chi connectivity index (χ0) is 13.1. The van der Waals surface area contributed by atoms with Crippen molar-refractivity contribution in [3.63, 3.8) is 0 Å². The molecule has 0 spiro atoms. The molecule has 2 aromatic heterocycles. The van der Waals surface area contributed by atoms with E-state index in [0.29, 0.717) is 0 Å². The maximum Gasteiger partial charge on any atom is 0.102 e. The van der Waals surface area contributed by atoms with Gasteiger partial charge < -0.3 is 5.73 Å². The van der Waals surface area contributed by atoms with Crippen LogP contribution in [0, 0.1) is 6.92 Å². The number of hydrogen-bond acceptors (Lipinski definition) is 4. The predicted molar refractivity (Wildman–Crippen MR) is 73.7 cm³/mol. The maximum absolute atomic E-state index is 5.76. The van der Waals surface area contributed by atoms with Gasteiger partial charge in [0.15, 0.2) is 0 Å². The smallest absolute Gasteiger partial charge is 0.102 e. The van der Waals surface area contributed by atoms with Gasteiger partial charge in [0, 0.05) is 19.3 Å². The number of nitrogens with two attached hydrogens (primary N) is 1. The van der Waals surface area contributed by atoms with Crippen LogP contribution in [0.4, 0.5) is 0 Å². The largest absolute Gasteiger partial charge is 0.328 e. The summed E-state index contributed by atoms with van der Waals surface area (Å²) >= 11 is 1.62. The van der Waals surface area contributed by atoms with Crippen LogP contribution in [0.1, 0.15) is 18.2 Å². The molecule has 0 saturated carbocycles. The van der Waals surface area contributed by atoms with Gasteiger partial charge in [-0.3, -0.25) is 4.68 Å². The predicted octanol–water partition coefficient (Wildman–Crippen LogP) is 2.16. The number of aryl methyl sites for hydroxylation is 2. The van der Waals surface area contributed by atoms with Crippen molar-refractivity contribution in [2.24, 2.45) is 12.8 Å². The lowest BCUT2D eigenvalue weighted by Crippen LogP contribution is -2.17. The monoisotopic (exact) mass is 262 g/mol. The van der Waals surface area contributed by atoms with Crippen molar-refractivity contribution < 1.29 is 0 Å². The molecule has 2 heterocycles. The second-order valence-corrected chi connectivity index (χ2v) is 5.58. The molecular formula is C13H18N4S. The Balaban J connectivity index is 2.08. The molecule has 2 rings (SSSR count). The van der Waals surface area contributed by atoms with Crippen molar-refractivity contribution in [2.75, 3.05) is 0 Å². The summed E-state index contributed by atoms with van der Waals surface area (Å²) in [6.45, 7) is 3.99. The number of aromatic nitrogens is 3. The Labute approximate surface area is 112 Å². The average molecular weight is 262 g/mol. The maximum atomic E-state index is 5.76. The molecule has 0 aliphatic carbocycles. The van der Waals surface area contributed by atoms with E-state index in [-0.39, 0.29) is 6.04 Å². The lowest BCUT2D eigenvalue weighted by Gasteiger charge is -2.05. The molecule has 1 atom stereocenters. The van der Waals surface area contributed by atoms with Crippen LogP contribution >= 0.6 is 11.8 Å². The molecule has 0 aliphatic rings. The topological polar surface area (TPSA) is 56.7 Å². The highest BCUT2D eigenvalue weighted by Gasteiger charge is 2.05. The first-order valence-corrected chi connectivity index (χ1v) is 6.75. The molecule has 0 aliphatic heterocycles. The summed E-state index contributed by atoms with van der Waals surface area (Å²) in [7, 11) is 1.94. The Hall–Kier alpha value is -1.33. The summed E-state index contributed by atoms with van der Waals surface area (Å²) in [6.07, 6.45) is 2.76. The molecule has 0 radical (unpaired) electrons. The molecule has 0 amide bonds. The number of nitrogens with zero attached hydrogens (tertiary/aromatic N) is 3. The molecule has 0 aromatic carbocycles. The fraction of sp³-hybridized carbons (Fsp3) is 0.385. The van der Waals surface area contributed by atoms with Gasteiger partial charge in [-0.15, -0.1) is 0 Å². The average Bonchev–Trinajstić information content (AvgIpc) is 2.59. The van der Waals surface area contributed by atoms with Gasteiger partial charge in [0.1, 0.15) is 10.1 Å². The van der Waals surface area contributed by atoms with Crippen molar-refractivity contribution in [1.82, 2.24) is 14.8 Å². The Morgan fingerprint density at radius 2 is 2.22 bits per heavy atom. The summed E-state index contributed by atoms with van der Waals surface area (Å²) in [5, 5.41) is 6.39. The summed E-state index contributed by atoms with van der Waals surface area (Å²) in [4.78, 5) is 4.44. The molecule has 5 heteroatoms. The standard InChI is InChI=1S/C13H18N4S/c1-9(14)6-11-4-5-12(15-8-11)18-13-7-10(2)16-17(13)3/h4-5,7-9H,6,14H2,1-3H3. The van der Waals surface area contributed by atoms with Gasteiger partial charge in [-0.05, 0) is 38.0 Å². The third-order valence-corrected chi connectivity index (χ3v) is 3.57. The van der Waals surface area contributed by atoms with E-state index in [1.54, 1.807) is 11.8 Å². The second kappa shape index (κ2) is 5.54. The van der Waals surface area contributed by atoms with E-state index in [9.17, 15) is 0 Å². The van der Waals surface area contributed by atoms with Gasteiger partial charge in [-0.25, -0.2) is 4.98 Å². The van der Waals surface area contributed by atoms with Crippen LogP contribution in [0.2, 0.25) is 0 Å². The Morgan fingerprint density at radius 1 is 1.44 bits per heavy atom. The first-order chi connectivity index (χ1) is 8.54. The molecule has 2 aromatic rings. The molecule has 0 saturated heterocycles. The third kappa shape index (κ3) is 3.34. The number of hydrogen-bond donors (Lipinski definition) is 1. The molecule has 96 valence electrons. The van der Waals surface area contributed by atoms with Gasteiger partial charge in [0.2, 0.25) is 0 Å². The highest BCUT2D eigenvalue weighted by Crippen LogP contribution is 2.26. The molecule has 0 fully saturated rings. The van der Waals surface area contributed by atoms with Gasteiger partial charge in [0.25, 0.3) is 0 Å². The SMILES string of the molecule is Cc1cc(Sc2ccc(CC(C)N)cn2)n(C)n1. The van der Waals surface area contributed by atoms with Crippen molar-refractivity contribution in [3.8, 4) is 0 Å². The van der Waals surface area contributed by atoms with E-state index in [2.05, 4.69) is 22.2 Å². The van der Waals surface area contributed by atoms with E-state index in [1.165, 1.54) is 5.56 Å². The van der Waals surface area contributed by atoms with Crippen LogP contribution in [0.25, 0.3) is 0 Å². The van der Waals surface area contributed by atoms with Crippen LogP contribution < -0.4 is 5.73 Å². The van der Waals surface area contributed by atoms with Gasteiger partial charge >= 0.3 is 0 Å².